The van der Waals surface area contributed by atoms with E-state index in [4.69, 9.17) is 9.47 Å². The molecular formula is C22H33NO6. The highest BCUT2D eigenvalue weighted by atomic mass is 16.5. The van der Waals surface area contributed by atoms with Crippen molar-refractivity contribution in [2.24, 2.45) is 11.3 Å². The molecule has 0 unspecified atom stereocenters. The maximum Gasteiger partial charge on any atom is 0.304 e. The number of benzene rings is 1. The van der Waals surface area contributed by atoms with Gasteiger partial charge in [0.1, 0.15) is 12.4 Å². The first-order valence-corrected chi connectivity index (χ1v) is 9.81. The maximum atomic E-state index is 12.8. The van der Waals surface area contributed by atoms with Crippen molar-refractivity contribution in [1.29, 1.82) is 0 Å². The first kappa shape index (κ1) is 24.5. The third kappa shape index (κ3) is 9.45. The molecule has 0 aliphatic carbocycles. The van der Waals surface area contributed by atoms with E-state index in [2.05, 4.69) is 5.32 Å². The van der Waals surface area contributed by atoms with Gasteiger partial charge < -0.3 is 19.9 Å². The van der Waals surface area contributed by atoms with Crippen LogP contribution >= 0.6 is 0 Å². The number of methoxy groups -OCH3 is 1. The van der Waals surface area contributed by atoms with E-state index in [0.29, 0.717) is 12.8 Å². The molecule has 7 heteroatoms. The molecule has 0 fully saturated rings. The zero-order chi connectivity index (χ0) is 22.0. The number of carbonyl (C=O) groups is 3. The highest BCUT2D eigenvalue weighted by molar-refractivity contribution is 5.83. The van der Waals surface area contributed by atoms with Gasteiger partial charge in [-0.25, -0.2) is 0 Å². The van der Waals surface area contributed by atoms with Crippen LogP contribution in [0.3, 0.4) is 0 Å². The molecule has 2 N–H and O–H groups in total. The van der Waals surface area contributed by atoms with Gasteiger partial charge in [0, 0.05) is 12.8 Å². The number of aryl methyl sites for hydroxylation is 1. The summed E-state index contributed by atoms with van der Waals surface area (Å²) >= 11 is 0. The summed E-state index contributed by atoms with van der Waals surface area (Å²) in [6.45, 7) is 7.15. The lowest BCUT2D eigenvalue weighted by molar-refractivity contribution is -0.144. The number of carboxylic acids is 1. The molecule has 2 atom stereocenters. The summed E-state index contributed by atoms with van der Waals surface area (Å²) in [5.74, 6) is -1.63. The van der Waals surface area contributed by atoms with Gasteiger partial charge in [-0.3, -0.25) is 14.4 Å². The van der Waals surface area contributed by atoms with Crippen molar-refractivity contribution >= 4 is 17.8 Å². The lowest BCUT2D eigenvalue weighted by Gasteiger charge is -2.32. The number of hydrogen-bond acceptors (Lipinski definition) is 5. The zero-order valence-electron chi connectivity index (χ0n) is 18.0. The average molecular weight is 408 g/mol. The summed E-state index contributed by atoms with van der Waals surface area (Å²) in [4.78, 5) is 35.2. The van der Waals surface area contributed by atoms with E-state index in [0.717, 1.165) is 17.7 Å². The first-order valence-electron chi connectivity index (χ1n) is 9.81. The Morgan fingerprint density at radius 2 is 1.76 bits per heavy atom. The quantitative estimate of drug-likeness (QED) is 0.546. The van der Waals surface area contributed by atoms with Crippen LogP contribution in [-0.4, -0.2) is 42.7 Å². The Morgan fingerprint density at radius 3 is 2.24 bits per heavy atom. The fraction of sp³-hybridized carbons (Fsp3) is 0.591. The minimum atomic E-state index is -1.01. The van der Waals surface area contributed by atoms with E-state index < -0.39 is 23.9 Å². The number of hydrogen-bond donors (Lipinski definition) is 2. The lowest BCUT2D eigenvalue weighted by Crippen LogP contribution is -2.49. The molecule has 0 heterocycles. The molecule has 7 nitrogen and oxygen atoms in total. The monoisotopic (exact) mass is 407 g/mol. The smallest absolute Gasteiger partial charge is 0.304 e. The van der Waals surface area contributed by atoms with Crippen LogP contribution in [0.5, 0.6) is 5.75 Å². The highest BCUT2D eigenvalue weighted by Gasteiger charge is 2.30. The molecule has 0 radical (unpaired) electrons. The molecule has 0 aromatic heterocycles. The Morgan fingerprint density at radius 1 is 1.14 bits per heavy atom. The summed E-state index contributed by atoms with van der Waals surface area (Å²) in [5, 5.41) is 12.1. The minimum absolute atomic E-state index is 0.0518. The third-order valence-corrected chi connectivity index (χ3v) is 4.78. The summed E-state index contributed by atoms with van der Waals surface area (Å²) in [6.07, 6.45) is 1.64. The standard InChI is InChI=1S/C22H33NO6/c1-15(24)29-14-19(22(2,3)4)23-21(27)17(13-20(25)26)8-6-7-16-9-11-18(28-5)12-10-16/h9-12,17,19H,6-8,13-14H2,1-5H3,(H,23,27)(H,25,26)/t17-,19-/m1/s1. The van der Waals surface area contributed by atoms with Crippen molar-refractivity contribution in [2.75, 3.05) is 13.7 Å². The van der Waals surface area contributed by atoms with Crippen molar-refractivity contribution in [3.8, 4) is 5.75 Å². The number of aliphatic carboxylic acids is 1. The predicted molar refractivity (Wildman–Crippen MR) is 110 cm³/mol. The summed E-state index contributed by atoms with van der Waals surface area (Å²) in [7, 11) is 1.61. The Kier molecular flexibility index (Phi) is 9.65. The highest BCUT2D eigenvalue weighted by Crippen LogP contribution is 2.22. The van der Waals surface area contributed by atoms with Gasteiger partial charge in [-0.2, -0.15) is 0 Å². The second-order valence-electron chi connectivity index (χ2n) is 8.26. The van der Waals surface area contributed by atoms with Gasteiger partial charge in [0.05, 0.1) is 19.6 Å². The number of ether oxygens (including phenoxy) is 2. The molecule has 162 valence electrons. The summed E-state index contributed by atoms with van der Waals surface area (Å²) < 4.78 is 10.2. The maximum absolute atomic E-state index is 12.8. The molecule has 0 aliphatic rings. The first-order chi connectivity index (χ1) is 13.5. The molecule has 1 amide bonds. The number of amides is 1. The average Bonchev–Trinajstić information content (AvgIpc) is 2.63. The third-order valence-electron chi connectivity index (χ3n) is 4.78. The molecule has 1 rings (SSSR count). The van der Waals surface area contributed by atoms with Crippen molar-refractivity contribution in [2.45, 2.75) is 59.4 Å². The number of carbonyl (C=O) groups excluding carboxylic acids is 2. The predicted octanol–water partition coefficient (Wildman–Crippen LogP) is 3.20. The molecule has 0 saturated carbocycles. The van der Waals surface area contributed by atoms with Gasteiger partial charge in [0.2, 0.25) is 5.91 Å². The molecule has 0 spiro atoms. The SMILES string of the molecule is COc1ccc(CCC[C@H](CC(=O)O)C(=O)N[C@H](COC(C)=O)C(C)(C)C)cc1. The van der Waals surface area contributed by atoms with Crippen molar-refractivity contribution in [1.82, 2.24) is 5.32 Å². The van der Waals surface area contributed by atoms with Crippen LogP contribution in [-0.2, 0) is 25.5 Å². The van der Waals surface area contributed by atoms with E-state index in [1.165, 1.54) is 6.92 Å². The Bertz CT molecular complexity index is 678. The van der Waals surface area contributed by atoms with E-state index in [9.17, 15) is 19.5 Å². The van der Waals surface area contributed by atoms with Gasteiger partial charge in [-0.1, -0.05) is 32.9 Å². The Hall–Kier alpha value is -2.57. The van der Waals surface area contributed by atoms with Crippen LogP contribution in [0.2, 0.25) is 0 Å². The lowest BCUT2D eigenvalue weighted by atomic mass is 9.86. The fourth-order valence-electron chi connectivity index (χ4n) is 2.88. The molecule has 0 aliphatic heterocycles. The van der Waals surface area contributed by atoms with E-state index in [1.54, 1.807) is 7.11 Å². The van der Waals surface area contributed by atoms with Crippen LogP contribution in [0.4, 0.5) is 0 Å². The van der Waals surface area contributed by atoms with Gasteiger partial charge in [0.15, 0.2) is 0 Å². The number of nitrogens with one attached hydrogen (secondary N) is 1. The van der Waals surface area contributed by atoms with Gasteiger partial charge >= 0.3 is 11.9 Å². The molecule has 1 aromatic rings. The second kappa shape index (κ2) is 11.4. The second-order valence-corrected chi connectivity index (χ2v) is 8.26. The summed E-state index contributed by atoms with van der Waals surface area (Å²) in [6, 6.07) is 7.26. The summed E-state index contributed by atoms with van der Waals surface area (Å²) in [5.41, 5.74) is 0.754. The van der Waals surface area contributed by atoms with Crippen LogP contribution < -0.4 is 10.1 Å². The van der Waals surface area contributed by atoms with Crippen molar-refractivity contribution in [3.05, 3.63) is 29.8 Å². The van der Waals surface area contributed by atoms with Gasteiger partial charge in [-0.15, -0.1) is 0 Å². The molecular weight excluding hydrogens is 374 g/mol. The Balaban J connectivity index is 2.71. The Labute approximate surface area is 172 Å². The van der Waals surface area contributed by atoms with E-state index >= 15 is 0 Å². The van der Waals surface area contributed by atoms with E-state index in [1.807, 2.05) is 45.0 Å². The molecule has 1 aromatic carbocycles. The normalized spacial score (nSPS) is 13.3. The largest absolute Gasteiger partial charge is 0.497 e. The molecule has 0 saturated heterocycles. The van der Waals surface area contributed by atoms with Crippen LogP contribution in [0.25, 0.3) is 0 Å². The van der Waals surface area contributed by atoms with Crippen molar-refractivity contribution < 1.29 is 29.0 Å². The number of rotatable bonds is 11. The topological polar surface area (TPSA) is 102 Å². The number of carboxylic acid groups (broad SMARTS) is 1. The van der Waals surface area contributed by atoms with Crippen LogP contribution in [0, 0.1) is 11.3 Å². The van der Waals surface area contributed by atoms with Crippen molar-refractivity contribution in [3.63, 3.8) is 0 Å². The van der Waals surface area contributed by atoms with Crippen LogP contribution in [0.1, 0.15) is 52.5 Å². The fourth-order valence-corrected chi connectivity index (χ4v) is 2.88. The van der Waals surface area contributed by atoms with Crippen LogP contribution in [0.15, 0.2) is 24.3 Å². The van der Waals surface area contributed by atoms with E-state index in [-0.39, 0.29) is 24.3 Å². The zero-order valence-corrected chi connectivity index (χ0v) is 18.0. The number of esters is 1. The molecule has 29 heavy (non-hydrogen) atoms. The minimum Gasteiger partial charge on any atom is -0.497 e. The molecule has 0 bridgehead atoms. The van der Waals surface area contributed by atoms with Gasteiger partial charge in [0.25, 0.3) is 0 Å². The van der Waals surface area contributed by atoms with Gasteiger partial charge in [-0.05, 0) is 42.4 Å².